The summed E-state index contributed by atoms with van der Waals surface area (Å²) >= 11 is 1.18. The molecule has 1 saturated heterocycles. The molecule has 21 heavy (non-hydrogen) atoms. The summed E-state index contributed by atoms with van der Waals surface area (Å²) < 4.78 is 14.6. The molecule has 1 aliphatic rings. The van der Waals surface area contributed by atoms with Gasteiger partial charge in [0, 0.05) is 23.7 Å². The quantitative estimate of drug-likeness (QED) is 0.937. The fourth-order valence-corrected chi connectivity index (χ4v) is 2.67. The lowest BCUT2D eigenvalue weighted by Crippen LogP contribution is -2.22. The molecule has 0 spiro atoms. The molecule has 1 aliphatic heterocycles. The Morgan fingerprint density at radius 3 is 2.90 bits per heavy atom. The van der Waals surface area contributed by atoms with E-state index in [1.807, 2.05) is 24.3 Å². The van der Waals surface area contributed by atoms with E-state index in [1.165, 1.54) is 11.5 Å². The summed E-state index contributed by atoms with van der Waals surface area (Å²) in [5, 5.41) is 3.31. The second-order valence-electron chi connectivity index (χ2n) is 4.70. The summed E-state index contributed by atoms with van der Waals surface area (Å²) in [5.41, 5.74) is 0.886. The molecular formula is C14H15N3O3S. The van der Waals surface area contributed by atoms with Gasteiger partial charge in [-0.3, -0.25) is 4.79 Å². The highest BCUT2D eigenvalue weighted by Crippen LogP contribution is 2.24. The van der Waals surface area contributed by atoms with Crippen LogP contribution in [0.25, 0.3) is 11.4 Å². The number of methoxy groups -OCH3 is 1. The van der Waals surface area contributed by atoms with E-state index in [9.17, 15) is 4.79 Å². The number of hydrogen-bond donors (Lipinski definition) is 1. The molecule has 7 heteroatoms. The van der Waals surface area contributed by atoms with Crippen LogP contribution in [0.4, 0.5) is 5.13 Å². The van der Waals surface area contributed by atoms with Crippen molar-refractivity contribution in [1.29, 1.82) is 0 Å². The molecule has 0 radical (unpaired) electrons. The van der Waals surface area contributed by atoms with Gasteiger partial charge >= 0.3 is 0 Å². The summed E-state index contributed by atoms with van der Waals surface area (Å²) in [6, 6.07) is 7.48. The Kier molecular flexibility index (Phi) is 4.12. The molecule has 1 N–H and O–H groups in total. The highest BCUT2D eigenvalue weighted by atomic mass is 32.1. The van der Waals surface area contributed by atoms with Crippen LogP contribution in [0.1, 0.15) is 6.42 Å². The third-order valence-corrected chi connectivity index (χ3v) is 3.94. The Labute approximate surface area is 126 Å². The first-order valence-corrected chi connectivity index (χ1v) is 7.40. The average molecular weight is 305 g/mol. The van der Waals surface area contributed by atoms with Gasteiger partial charge in [0.05, 0.1) is 19.6 Å². The SMILES string of the molecule is COc1ccc(-c2nsc(NC(=O)C3CCOC3)n2)cc1. The number of carbonyl (C=O) groups is 1. The smallest absolute Gasteiger partial charge is 0.231 e. The molecule has 0 saturated carbocycles. The molecule has 2 aromatic rings. The number of hydrogen-bond acceptors (Lipinski definition) is 6. The number of benzene rings is 1. The summed E-state index contributed by atoms with van der Waals surface area (Å²) in [5.74, 6) is 1.24. The Bertz CT molecular complexity index is 621. The number of aromatic nitrogens is 2. The molecule has 6 nitrogen and oxygen atoms in total. The molecule has 1 amide bonds. The minimum Gasteiger partial charge on any atom is -0.497 e. The zero-order valence-corrected chi connectivity index (χ0v) is 12.4. The maximum Gasteiger partial charge on any atom is 0.231 e. The van der Waals surface area contributed by atoms with Gasteiger partial charge in [-0.05, 0) is 30.7 Å². The molecular weight excluding hydrogens is 290 g/mol. The van der Waals surface area contributed by atoms with Gasteiger partial charge in [0.15, 0.2) is 5.82 Å². The summed E-state index contributed by atoms with van der Waals surface area (Å²) in [6.07, 6.45) is 0.760. The lowest BCUT2D eigenvalue weighted by molar-refractivity contribution is -0.119. The van der Waals surface area contributed by atoms with Crippen molar-refractivity contribution in [2.45, 2.75) is 6.42 Å². The normalized spacial score (nSPS) is 17.7. The number of ether oxygens (including phenoxy) is 2. The van der Waals surface area contributed by atoms with Crippen LogP contribution in [0.3, 0.4) is 0 Å². The summed E-state index contributed by atoms with van der Waals surface area (Å²) in [4.78, 5) is 16.3. The highest BCUT2D eigenvalue weighted by molar-refractivity contribution is 7.10. The zero-order valence-electron chi connectivity index (χ0n) is 11.5. The Morgan fingerprint density at radius 2 is 2.24 bits per heavy atom. The van der Waals surface area contributed by atoms with Crippen LogP contribution in [-0.4, -0.2) is 35.6 Å². The molecule has 110 valence electrons. The molecule has 3 rings (SSSR count). The molecule has 1 aromatic carbocycles. The Balaban J connectivity index is 1.68. The molecule has 2 heterocycles. The number of rotatable bonds is 4. The molecule has 1 unspecified atom stereocenters. The second kappa shape index (κ2) is 6.19. The van der Waals surface area contributed by atoms with Crippen LogP contribution >= 0.6 is 11.5 Å². The number of carbonyl (C=O) groups excluding carboxylic acids is 1. The zero-order chi connectivity index (χ0) is 14.7. The van der Waals surface area contributed by atoms with Crippen molar-refractivity contribution in [3.63, 3.8) is 0 Å². The maximum atomic E-state index is 12.0. The van der Waals surface area contributed by atoms with E-state index in [0.29, 0.717) is 24.2 Å². The van der Waals surface area contributed by atoms with Crippen molar-refractivity contribution < 1.29 is 14.3 Å². The van der Waals surface area contributed by atoms with E-state index in [1.54, 1.807) is 7.11 Å². The first-order chi connectivity index (χ1) is 10.3. The van der Waals surface area contributed by atoms with Crippen molar-refractivity contribution in [3.05, 3.63) is 24.3 Å². The van der Waals surface area contributed by atoms with Gasteiger partial charge in [0.25, 0.3) is 0 Å². The van der Waals surface area contributed by atoms with E-state index < -0.39 is 0 Å². The van der Waals surface area contributed by atoms with E-state index in [2.05, 4.69) is 14.7 Å². The van der Waals surface area contributed by atoms with E-state index in [0.717, 1.165) is 17.7 Å². The molecule has 1 aromatic heterocycles. The second-order valence-corrected chi connectivity index (χ2v) is 5.45. The summed E-state index contributed by atoms with van der Waals surface area (Å²) in [7, 11) is 1.62. The number of nitrogens with zero attached hydrogens (tertiary/aromatic N) is 2. The van der Waals surface area contributed by atoms with Gasteiger partial charge in [0.2, 0.25) is 11.0 Å². The molecule has 1 atom stereocenters. The van der Waals surface area contributed by atoms with Gasteiger partial charge < -0.3 is 14.8 Å². The monoisotopic (exact) mass is 305 g/mol. The standard InChI is InChI=1S/C14H15N3O3S/c1-19-11-4-2-9(3-5-11)12-15-14(21-17-12)16-13(18)10-6-7-20-8-10/h2-5,10H,6-8H2,1H3,(H,15,16,17,18). The maximum absolute atomic E-state index is 12.0. The third-order valence-electron chi connectivity index (χ3n) is 3.30. The predicted octanol–water partition coefficient (Wildman–Crippen LogP) is 2.19. The lowest BCUT2D eigenvalue weighted by atomic mass is 10.1. The van der Waals surface area contributed by atoms with Crippen LogP contribution in [0.5, 0.6) is 5.75 Å². The fourth-order valence-electron chi connectivity index (χ4n) is 2.08. The van der Waals surface area contributed by atoms with E-state index in [4.69, 9.17) is 9.47 Å². The average Bonchev–Trinajstić information content (AvgIpc) is 3.19. The Morgan fingerprint density at radius 1 is 1.43 bits per heavy atom. The lowest BCUT2D eigenvalue weighted by Gasteiger charge is -2.05. The summed E-state index contributed by atoms with van der Waals surface area (Å²) in [6.45, 7) is 1.13. The van der Waals surface area contributed by atoms with Gasteiger partial charge in [0.1, 0.15) is 5.75 Å². The largest absolute Gasteiger partial charge is 0.497 e. The van der Waals surface area contributed by atoms with Crippen LogP contribution in [0.15, 0.2) is 24.3 Å². The highest BCUT2D eigenvalue weighted by Gasteiger charge is 2.24. The molecule has 0 aliphatic carbocycles. The minimum atomic E-state index is -0.0849. The van der Waals surface area contributed by atoms with E-state index >= 15 is 0 Å². The van der Waals surface area contributed by atoms with Gasteiger partial charge in [-0.25, -0.2) is 0 Å². The van der Waals surface area contributed by atoms with Crippen molar-refractivity contribution in [2.75, 3.05) is 25.6 Å². The fraction of sp³-hybridized carbons (Fsp3) is 0.357. The van der Waals surface area contributed by atoms with Gasteiger partial charge in [-0.1, -0.05) is 0 Å². The van der Waals surface area contributed by atoms with E-state index in [-0.39, 0.29) is 11.8 Å². The Hall–Kier alpha value is -1.99. The minimum absolute atomic E-state index is 0.0510. The third kappa shape index (κ3) is 3.20. The topological polar surface area (TPSA) is 73.3 Å². The van der Waals surface area contributed by atoms with Crippen molar-refractivity contribution in [3.8, 4) is 17.1 Å². The number of nitrogens with one attached hydrogen (secondary N) is 1. The van der Waals surface area contributed by atoms with Crippen molar-refractivity contribution >= 4 is 22.6 Å². The van der Waals surface area contributed by atoms with Gasteiger partial charge in [-0.2, -0.15) is 9.36 Å². The van der Waals surface area contributed by atoms with Gasteiger partial charge in [-0.15, -0.1) is 0 Å². The number of anilines is 1. The van der Waals surface area contributed by atoms with Crippen molar-refractivity contribution in [1.82, 2.24) is 9.36 Å². The van der Waals surface area contributed by atoms with Crippen LogP contribution < -0.4 is 10.1 Å². The first-order valence-electron chi connectivity index (χ1n) is 6.63. The first kappa shape index (κ1) is 14.0. The number of amides is 1. The van der Waals surface area contributed by atoms with Crippen LogP contribution in [0.2, 0.25) is 0 Å². The van der Waals surface area contributed by atoms with Crippen LogP contribution in [-0.2, 0) is 9.53 Å². The van der Waals surface area contributed by atoms with Crippen LogP contribution in [0, 0.1) is 5.92 Å². The molecule has 0 bridgehead atoms. The molecule has 1 fully saturated rings. The van der Waals surface area contributed by atoms with Crippen molar-refractivity contribution in [2.24, 2.45) is 5.92 Å². The predicted molar refractivity (Wildman–Crippen MR) is 79.5 cm³/mol.